The first-order valence-corrected chi connectivity index (χ1v) is 13.0. The lowest BCUT2D eigenvalue weighted by atomic mass is 10.1. The molecule has 2 aromatic heterocycles. The number of rotatable bonds is 4. The molecule has 1 N–H and O–H groups in total. The number of urea groups is 1. The van der Waals surface area contributed by atoms with E-state index in [1.807, 2.05) is 12.1 Å². The molecule has 12 heteroatoms. The second kappa shape index (κ2) is 8.85. The van der Waals surface area contributed by atoms with Crippen molar-refractivity contribution in [2.24, 2.45) is 0 Å². The topological polar surface area (TPSA) is 102 Å². The van der Waals surface area contributed by atoms with Gasteiger partial charge in [-0.05, 0) is 39.2 Å². The molecule has 180 valence electrons. The maximum absolute atomic E-state index is 12.9. The van der Waals surface area contributed by atoms with Gasteiger partial charge in [-0.2, -0.15) is 0 Å². The first kappa shape index (κ1) is 22.4. The van der Waals surface area contributed by atoms with E-state index in [9.17, 15) is 14.4 Å². The Morgan fingerprint density at radius 2 is 1.83 bits per heavy atom. The fourth-order valence-electron chi connectivity index (χ4n) is 4.88. The highest BCUT2D eigenvalue weighted by molar-refractivity contribution is 9.11. The summed E-state index contributed by atoms with van der Waals surface area (Å²) in [6.45, 7) is 4.89. The summed E-state index contributed by atoms with van der Waals surface area (Å²) < 4.78 is 1.05. The Balaban J connectivity index is 1.11. The number of amides is 4. The maximum Gasteiger partial charge on any atom is 0.342 e. The van der Waals surface area contributed by atoms with Crippen molar-refractivity contribution in [2.75, 3.05) is 37.6 Å². The highest BCUT2D eigenvalue weighted by atomic mass is 79.9. The second-order valence-corrected chi connectivity index (χ2v) is 11.2. The van der Waals surface area contributed by atoms with E-state index >= 15 is 0 Å². The lowest BCUT2D eigenvalue weighted by Crippen LogP contribution is -2.56. The van der Waals surface area contributed by atoms with E-state index in [1.165, 1.54) is 10.0 Å². The van der Waals surface area contributed by atoms with Crippen LogP contribution in [-0.2, 0) is 17.9 Å². The number of nitrogens with one attached hydrogen (secondary N) is 1. The standard InChI is InChI=1S/C23H22BrN7O3S/c24-18-10-17-20(25-13-26-21(17)35-18)29-7-5-28(6-8-29)11-14-1-2-16-15(9-14)12-31(22(16)33)30-4-3-19(32)27-23(30)34/h1-2,9-10,13H,3-8,11-12H2,(H,27,32,34). The number of benzene rings is 1. The van der Waals surface area contributed by atoms with Gasteiger partial charge in [-0.15, -0.1) is 11.3 Å². The van der Waals surface area contributed by atoms with Gasteiger partial charge >= 0.3 is 6.03 Å². The average molecular weight is 556 g/mol. The third-order valence-electron chi connectivity index (χ3n) is 6.63. The SMILES string of the molecule is O=C1CCN(N2Cc3cc(CN4CCN(c5ncnc6sc(Br)cc56)CC4)ccc3C2=O)C(=O)N1. The fourth-order valence-corrected chi connectivity index (χ4v) is 6.29. The fraction of sp³-hybridized carbons (Fsp3) is 0.348. The van der Waals surface area contributed by atoms with Crippen LogP contribution in [0.25, 0.3) is 10.2 Å². The summed E-state index contributed by atoms with van der Waals surface area (Å²) in [5.74, 6) is 0.460. The Morgan fingerprint density at radius 1 is 1.00 bits per heavy atom. The minimum Gasteiger partial charge on any atom is -0.353 e. The molecule has 0 unspecified atom stereocenters. The van der Waals surface area contributed by atoms with Crippen LogP contribution in [0, 0.1) is 0 Å². The van der Waals surface area contributed by atoms with Crippen molar-refractivity contribution in [1.29, 1.82) is 0 Å². The molecule has 0 atom stereocenters. The quantitative estimate of drug-likeness (QED) is 0.527. The van der Waals surface area contributed by atoms with Crippen molar-refractivity contribution in [1.82, 2.24) is 30.2 Å². The minimum atomic E-state index is -0.545. The largest absolute Gasteiger partial charge is 0.353 e. The van der Waals surface area contributed by atoms with Gasteiger partial charge in [0.25, 0.3) is 5.91 Å². The number of piperazine rings is 1. The number of hydrogen-bond donors (Lipinski definition) is 1. The van der Waals surface area contributed by atoms with E-state index in [2.05, 4.69) is 53.1 Å². The van der Waals surface area contributed by atoms with Gasteiger partial charge in [-0.25, -0.2) is 24.8 Å². The van der Waals surface area contributed by atoms with Gasteiger partial charge in [0.15, 0.2) is 0 Å². The minimum absolute atomic E-state index is 0.188. The second-order valence-electron chi connectivity index (χ2n) is 8.81. The molecule has 6 rings (SSSR count). The van der Waals surface area contributed by atoms with E-state index in [4.69, 9.17) is 0 Å². The predicted octanol–water partition coefficient (Wildman–Crippen LogP) is 2.59. The molecule has 0 spiro atoms. The van der Waals surface area contributed by atoms with Crippen LogP contribution in [0.15, 0.2) is 34.4 Å². The third-order valence-corrected chi connectivity index (χ3v) is 8.18. The van der Waals surface area contributed by atoms with Gasteiger partial charge in [0, 0.05) is 44.7 Å². The summed E-state index contributed by atoms with van der Waals surface area (Å²) in [6, 6.07) is 7.44. The molecule has 3 aliphatic rings. The Kier molecular flexibility index (Phi) is 5.66. The highest BCUT2D eigenvalue weighted by Crippen LogP contribution is 2.33. The lowest BCUT2D eigenvalue weighted by molar-refractivity contribution is -0.123. The van der Waals surface area contributed by atoms with Crippen LogP contribution in [0.3, 0.4) is 0 Å². The van der Waals surface area contributed by atoms with Crippen LogP contribution < -0.4 is 10.2 Å². The lowest BCUT2D eigenvalue weighted by Gasteiger charge is -2.35. The summed E-state index contributed by atoms with van der Waals surface area (Å²) in [5.41, 5.74) is 2.65. The van der Waals surface area contributed by atoms with Crippen molar-refractivity contribution in [3.63, 3.8) is 0 Å². The molecule has 35 heavy (non-hydrogen) atoms. The Hall–Kier alpha value is -3.09. The summed E-state index contributed by atoms with van der Waals surface area (Å²) in [4.78, 5) is 51.2. The number of carbonyl (C=O) groups is 3. The maximum atomic E-state index is 12.9. The van der Waals surface area contributed by atoms with Crippen molar-refractivity contribution in [3.05, 3.63) is 51.1 Å². The normalized spacial score (nSPS) is 19.0. The summed E-state index contributed by atoms with van der Waals surface area (Å²) in [5, 5.41) is 6.12. The van der Waals surface area contributed by atoms with Crippen LogP contribution >= 0.6 is 27.3 Å². The Bertz CT molecular complexity index is 1350. The first-order valence-electron chi connectivity index (χ1n) is 11.4. The van der Waals surface area contributed by atoms with Crippen LogP contribution in [0.1, 0.15) is 27.9 Å². The zero-order chi connectivity index (χ0) is 24.1. The van der Waals surface area contributed by atoms with Crippen molar-refractivity contribution in [3.8, 4) is 0 Å². The number of fused-ring (bicyclic) bond motifs is 2. The molecule has 3 aromatic rings. The number of hydrogen-bond acceptors (Lipinski definition) is 8. The van der Waals surface area contributed by atoms with Crippen molar-refractivity contribution < 1.29 is 14.4 Å². The Morgan fingerprint density at radius 3 is 2.63 bits per heavy atom. The molecule has 0 bridgehead atoms. The molecule has 10 nitrogen and oxygen atoms in total. The number of anilines is 1. The Labute approximate surface area is 213 Å². The van der Waals surface area contributed by atoms with Crippen LogP contribution in [-0.4, -0.2) is 75.5 Å². The number of nitrogens with zero attached hydrogens (tertiary/aromatic N) is 6. The van der Waals surface area contributed by atoms with Gasteiger partial charge in [-0.1, -0.05) is 12.1 Å². The highest BCUT2D eigenvalue weighted by Gasteiger charge is 2.37. The van der Waals surface area contributed by atoms with E-state index < -0.39 is 6.03 Å². The molecule has 3 aliphatic heterocycles. The number of halogens is 1. The van der Waals surface area contributed by atoms with Crippen LogP contribution in [0.5, 0.6) is 0 Å². The number of hydrazine groups is 1. The number of thiophene rings is 1. The van der Waals surface area contributed by atoms with E-state index in [0.717, 1.165) is 63.7 Å². The summed E-state index contributed by atoms with van der Waals surface area (Å²) in [6.07, 6.45) is 1.82. The zero-order valence-electron chi connectivity index (χ0n) is 18.7. The van der Waals surface area contributed by atoms with E-state index in [1.54, 1.807) is 17.7 Å². The average Bonchev–Trinajstić information content (AvgIpc) is 3.38. The third kappa shape index (κ3) is 4.15. The molecule has 2 saturated heterocycles. The predicted molar refractivity (Wildman–Crippen MR) is 134 cm³/mol. The van der Waals surface area contributed by atoms with Gasteiger partial charge in [-0.3, -0.25) is 19.8 Å². The molecular formula is C23H22BrN7O3S. The van der Waals surface area contributed by atoms with E-state index in [-0.39, 0.29) is 24.8 Å². The van der Waals surface area contributed by atoms with Crippen LogP contribution in [0.4, 0.5) is 10.6 Å². The molecule has 5 heterocycles. The molecule has 0 radical (unpaired) electrons. The summed E-state index contributed by atoms with van der Waals surface area (Å²) in [7, 11) is 0. The van der Waals surface area contributed by atoms with Crippen LogP contribution in [0.2, 0.25) is 0 Å². The summed E-state index contributed by atoms with van der Waals surface area (Å²) >= 11 is 5.16. The molecule has 1 aromatic carbocycles. The van der Waals surface area contributed by atoms with E-state index in [0.29, 0.717) is 12.1 Å². The van der Waals surface area contributed by atoms with Gasteiger partial charge in [0.05, 0.1) is 22.3 Å². The number of carbonyl (C=O) groups excluding carboxylic acids is 3. The molecule has 4 amide bonds. The smallest absolute Gasteiger partial charge is 0.342 e. The zero-order valence-corrected chi connectivity index (χ0v) is 21.1. The van der Waals surface area contributed by atoms with Gasteiger partial charge in [0.1, 0.15) is 17.0 Å². The monoisotopic (exact) mass is 555 g/mol. The van der Waals surface area contributed by atoms with Gasteiger partial charge in [0.2, 0.25) is 5.91 Å². The molecule has 0 saturated carbocycles. The number of imide groups is 1. The number of aromatic nitrogens is 2. The van der Waals surface area contributed by atoms with Crippen molar-refractivity contribution in [2.45, 2.75) is 19.5 Å². The van der Waals surface area contributed by atoms with Gasteiger partial charge < -0.3 is 4.90 Å². The molecule has 2 fully saturated rings. The molecular weight excluding hydrogens is 534 g/mol. The first-order chi connectivity index (χ1) is 17.0. The van der Waals surface area contributed by atoms with Crippen molar-refractivity contribution >= 4 is 61.1 Å². The molecule has 0 aliphatic carbocycles.